The number of hydrogen-bond acceptors (Lipinski definition) is 12. The van der Waals surface area contributed by atoms with Crippen LogP contribution in [0.1, 0.15) is 0 Å². The summed E-state index contributed by atoms with van der Waals surface area (Å²) in [4.78, 5) is 45.1. The highest BCUT2D eigenvalue weighted by atomic mass is 32.1. The van der Waals surface area contributed by atoms with Gasteiger partial charge in [0.2, 0.25) is 0 Å². The number of nitrogens with zero attached hydrogens (tertiary/aromatic N) is 15. The van der Waals surface area contributed by atoms with Gasteiger partial charge < -0.3 is 27.4 Å². The maximum atomic E-state index is 4.87. The van der Waals surface area contributed by atoms with Crippen molar-refractivity contribution in [3.8, 4) is 66.0 Å². The maximum absolute atomic E-state index is 4.87. The molecule has 0 unspecified atom stereocenters. The van der Waals surface area contributed by atoms with Crippen molar-refractivity contribution in [2.24, 2.45) is 0 Å². The van der Waals surface area contributed by atoms with E-state index in [0.29, 0.717) is 0 Å². The van der Waals surface area contributed by atoms with Crippen LogP contribution in [0, 0.1) is 0 Å². The van der Waals surface area contributed by atoms with Crippen LogP contribution in [0.5, 0.6) is 0 Å². The predicted octanol–water partition coefficient (Wildman–Crippen LogP) is 26.8. The van der Waals surface area contributed by atoms with Crippen LogP contribution in [0.4, 0.5) is 0 Å². The van der Waals surface area contributed by atoms with E-state index in [0.717, 1.165) is 146 Å². The third kappa shape index (κ3) is 11.4. The van der Waals surface area contributed by atoms with Gasteiger partial charge in [-0.05, 0) is 218 Å². The first-order valence-corrected chi connectivity index (χ1v) is 43.1. The van der Waals surface area contributed by atoms with Crippen LogP contribution in [0.2, 0.25) is 0 Å². The second kappa shape index (κ2) is 28.4. The summed E-state index contributed by atoms with van der Waals surface area (Å²) in [6.07, 6.45) is 11.1. The van der Waals surface area contributed by atoms with Gasteiger partial charge in [-0.25, -0.2) is 29.9 Å². The van der Waals surface area contributed by atoms with Crippen LogP contribution in [-0.4, -0.2) is 72.3 Å². The van der Waals surface area contributed by atoms with Gasteiger partial charge in [0.25, 0.3) is 0 Å². The highest BCUT2D eigenvalue weighted by Crippen LogP contribution is 2.45. The molecule has 0 N–H and O–H groups in total. The maximum Gasteiger partial charge on any atom is 0.144 e. The molecule has 0 radical (unpaired) electrons. The third-order valence-corrected chi connectivity index (χ3v) is 26.7. The monoisotopic (exact) mass is 1630 g/mol. The molecule has 12 aromatic carbocycles. The number of fused-ring (bicyclic) bond motifs is 21. The van der Waals surface area contributed by atoms with E-state index >= 15 is 0 Å². The van der Waals surface area contributed by atoms with Crippen molar-refractivity contribution in [1.29, 1.82) is 0 Å². The second-order valence-electron chi connectivity index (χ2n) is 30.5. The van der Waals surface area contributed by atoms with E-state index < -0.39 is 0 Å². The van der Waals surface area contributed by atoms with E-state index in [1.165, 1.54) is 81.9 Å². The van der Waals surface area contributed by atoms with Gasteiger partial charge in [0, 0.05) is 124 Å². The molecular weight excluding hydrogens is 1570 g/mol. The summed E-state index contributed by atoms with van der Waals surface area (Å²) in [6, 6.07) is 122. The molecule has 0 atom stereocenters. The summed E-state index contributed by atoms with van der Waals surface area (Å²) < 4.78 is 14.1. The first kappa shape index (κ1) is 70.1. The van der Waals surface area contributed by atoms with Crippen LogP contribution >= 0.6 is 34.0 Å². The predicted molar refractivity (Wildman–Crippen MR) is 508 cm³/mol. The lowest BCUT2D eigenvalue weighted by atomic mass is 10.1. The largest absolute Gasteiger partial charge is 0.309 e. The molecular formula is C105H63N15S3. The lowest BCUT2D eigenvalue weighted by Gasteiger charge is -2.09. The first-order valence-electron chi connectivity index (χ1n) is 40.6. The Bertz CT molecular complexity index is 7960. The van der Waals surface area contributed by atoms with Crippen molar-refractivity contribution in [2.45, 2.75) is 0 Å². The van der Waals surface area contributed by atoms with E-state index in [2.05, 4.69) is 334 Å². The number of hydrogen-bond donors (Lipinski definition) is 0. The van der Waals surface area contributed by atoms with Crippen molar-refractivity contribution in [3.05, 3.63) is 383 Å². The van der Waals surface area contributed by atoms with Gasteiger partial charge in [0.05, 0.1) is 94.8 Å². The topological polar surface area (TPSA) is 146 Å². The van der Waals surface area contributed by atoms with E-state index in [9.17, 15) is 0 Å². The molecule has 15 nitrogen and oxygen atoms in total. The highest BCUT2D eigenvalue weighted by molar-refractivity contribution is 7.22. The van der Waals surface area contributed by atoms with Gasteiger partial charge in [0.15, 0.2) is 0 Å². The highest BCUT2D eigenvalue weighted by Gasteiger charge is 2.25. The molecule has 576 valence electrons. The first-order chi connectivity index (χ1) is 61.0. The van der Waals surface area contributed by atoms with Crippen LogP contribution in [0.3, 0.4) is 0 Å². The molecule has 0 fully saturated rings. The quantitative estimate of drug-likeness (QED) is 0.138. The molecule has 0 amide bonds. The summed E-state index contributed by atoms with van der Waals surface area (Å²) in [7, 11) is 0. The Morgan fingerprint density at radius 2 is 0.463 bits per heavy atom. The Labute approximate surface area is 712 Å². The van der Waals surface area contributed by atoms with E-state index in [1.54, 1.807) is 40.2 Å². The lowest BCUT2D eigenvalue weighted by molar-refractivity contribution is 1.14. The number of rotatable bonds is 9. The minimum atomic E-state index is 0.853. The Morgan fingerprint density at radius 1 is 0.187 bits per heavy atom. The fourth-order valence-corrected chi connectivity index (χ4v) is 20.9. The van der Waals surface area contributed by atoms with Gasteiger partial charge >= 0.3 is 0 Å². The summed E-state index contributed by atoms with van der Waals surface area (Å²) >= 11 is 4.81. The van der Waals surface area contributed by atoms with Gasteiger partial charge in [-0.3, -0.25) is 15.0 Å². The van der Waals surface area contributed by atoms with E-state index in [1.807, 2.05) is 85.6 Å². The minimum Gasteiger partial charge on any atom is -0.309 e. The SMILES string of the molecule is c1ccc(-n2c3cc4c5ncccc5n(-c5ccc(-c6nc7cccnc7s6)cc5)c4cc3c3ncccc32)cc1.c1ccc(-n2c3ccccc3c3cc4c(cc32)c2ccccc2n4-c2ccc(-c3nc4cccnc4s3)cc2)cc1.c1ccc(-n2c3ccccc3c3cc4c(cc32)c2ccccc2n4-c2ccc(-c3nc4cccnc4s3)nc2)cc1. The van der Waals surface area contributed by atoms with Gasteiger partial charge in [0.1, 0.15) is 46.1 Å². The van der Waals surface area contributed by atoms with Gasteiger partial charge in [-0.1, -0.05) is 161 Å². The smallest absolute Gasteiger partial charge is 0.144 e. The van der Waals surface area contributed by atoms with Crippen molar-refractivity contribution in [1.82, 2.24) is 72.3 Å². The van der Waals surface area contributed by atoms with Crippen LogP contribution in [0.25, 0.3) is 228 Å². The number of pyridine rings is 6. The Hall–Kier alpha value is -16.0. The zero-order chi connectivity index (χ0) is 80.7. The third-order valence-electron chi connectivity index (χ3n) is 23.6. The van der Waals surface area contributed by atoms with Crippen LogP contribution in [-0.2, 0) is 0 Å². The molecule has 27 aromatic rings. The Kier molecular flexibility index (Phi) is 16.2. The molecule has 0 saturated heterocycles. The van der Waals surface area contributed by atoms with Crippen molar-refractivity contribution in [3.63, 3.8) is 0 Å². The van der Waals surface area contributed by atoms with Crippen molar-refractivity contribution >= 4 is 196 Å². The molecule has 27 rings (SSSR count). The fourth-order valence-electron chi connectivity index (χ4n) is 18.2. The fraction of sp³-hybridized carbons (Fsp3) is 0. The number of benzene rings is 12. The summed E-state index contributed by atoms with van der Waals surface area (Å²) in [5.41, 5.74) is 28.3. The van der Waals surface area contributed by atoms with Crippen molar-refractivity contribution in [2.75, 3.05) is 0 Å². The number of para-hydroxylation sites is 7. The average molecular weight is 1630 g/mol. The van der Waals surface area contributed by atoms with Gasteiger partial charge in [-0.15, -0.1) is 0 Å². The average Bonchev–Trinajstić information content (AvgIpc) is 1.57. The molecule has 15 aromatic heterocycles. The molecule has 0 spiro atoms. The second-order valence-corrected chi connectivity index (χ2v) is 33.5. The molecule has 0 aliphatic heterocycles. The summed E-state index contributed by atoms with van der Waals surface area (Å²) in [5, 5.41) is 14.9. The standard InChI is InChI=1S/C36H22N4S.C35H21N5S.C34H20N6S/c1-2-9-24(10-3-1)39-31-14-6-4-11-26(31)28-22-34-29(21-33(28)39)27-12-5-7-15-32(27)40(34)25-18-16-23(17-19-25)35-38-30-13-8-20-37-36(30)41-35;1-2-9-22(10-3-1)39-30-14-6-4-11-24(30)26-20-33-27(19-32(26)39)25-12-5-7-15-31(25)40(33)23-16-17-28(37-21-23)35-38-29-13-8-18-36-34(29)41-35;1-2-7-22(8-3-1)39-27-10-5-16-35-31(27)24-20-30-25(19-29(24)39)32-28(11-6-17-36-32)40(30)23-14-12-21(13-15-23)33-38-26-9-4-18-37-34(26)41-33/h1-22H;1-21H;1-20H. The molecule has 15 heterocycles. The Balaban J connectivity index is 0.000000101. The summed E-state index contributed by atoms with van der Waals surface area (Å²) in [5.74, 6) is 0. The van der Waals surface area contributed by atoms with Gasteiger partial charge in [-0.2, -0.15) is 0 Å². The Morgan fingerprint density at radius 3 is 0.821 bits per heavy atom. The molecule has 18 heteroatoms. The van der Waals surface area contributed by atoms with E-state index in [4.69, 9.17) is 29.9 Å². The molecule has 123 heavy (non-hydrogen) atoms. The number of thiazole rings is 3. The normalized spacial score (nSPS) is 11.9. The lowest BCUT2D eigenvalue weighted by Crippen LogP contribution is -1.96. The molecule has 0 saturated carbocycles. The molecule has 0 aliphatic rings. The van der Waals surface area contributed by atoms with E-state index in [-0.39, 0.29) is 0 Å². The molecule has 0 bridgehead atoms. The zero-order valence-electron chi connectivity index (χ0n) is 65.3. The molecule has 0 aliphatic carbocycles. The van der Waals surface area contributed by atoms with Crippen LogP contribution < -0.4 is 0 Å². The summed E-state index contributed by atoms with van der Waals surface area (Å²) in [6.45, 7) is 0. The number of aromatic nitrogens is 15. The zero-order valence-corrected chi connectivity index (χ0v) is 67.8. The van der Waals surface area contributed by atoms with Crippen molar-refractivity contribution < 1.29 is 0 Å². The minimum absolute atomic E-state index is 0.853. The van der Waals surface area contributed by atoms with Crippen LogP contribution in [0.15, 0.2) is 383 Å².